The number of hydrogen-bond acceptors (Lipinski definition) is 4. The summed E-state index contributed by atoms with van der Waals surface area (Å²) in [4.78, 5) is 14.7. The molecule has 0 saturated carbocycles. The number of piperidine rings is 1. The monoisotopic (exact) mass is 274 g/mol. The van der Waals surface area contributed by atoms with Gasteiger partial charge in [-0.15, -0.1) is 0 Å². The van der Waals surface area contributed by atoms with E-state index < -0.39 is 0 Å². The number of aryl methyl sites for hydroxylation is 2. The van der Waals surface area contributed by atoms with Crippen LogP contribution in [0.1, 0.15) is 52.8 Å². The van der Waals surface area contributed by atoms with Crippen LogP contribution in [0.15, 0.2) is 16.8 Å². The fraction of sp³-hybridized carbons (Fsp3) is 0.500. The highest BCUT2D eigenvalue weighted by Crippen LogP contribution is 2.31. The summed E-state index contributed by atoms with van der Waals surface area (Å²) in [6, 6.07) is 2.00. The molecular formula is C14H18N4O2. The molecule has 1 unspecified atom stereocenters. The molecule has 3 heterocycles. The lowest BCUT2D eigenvalue weighted by molar-refractivity contribution is 0.0603. The highest BCUT2D eigenvalue weighted by molar-refractivity contribution is 5.96. The van der Waals surface area contributed by atoms with E-state index in [2.05, 4.69) is 15.4 Å². The van der Waals surface area contributed by atoms with E-state index >= 15 is 0 Å². The number of H-pyrrole nitrogens is 1. The Bertz CT molecular complexity index is 583. The number of likely N-dealkylation sites (tertiary alicyclic amines) is 1. The molecule has 0 bridgehead atoms. The van der Waals surface area contributed by atoms with Crippen molar-refractivity contribution in [3.8, 4) is 0 Å². The van der Waals surface area contributed by atoms with Crippen LogP contribution >= 0.6 is 0 Å². The molecule has 1 saturated heterocycles. The summed E-state index contributed by atoms with van der Waals surface area (Å²) in [5.74, 6) is 0.585. The minimum atomic E-state index is 0.000509. The maximum absolute atomic E-state index is 12.8. The van der Waals surface area contributed by atoms with E-state index in [1.807, 2.05) is 11.0 Å². The first-order valence-electron chi connectivity index (χ1n) is 6.91. The van der Waals surface area contributed by atoms with Crippen molar-refractivity contribution in [1.29, 1.82) is 0 Å². The minimum Gasteiger partial charge on any atom is -0.361 e. The predicted molar refractivity (Wildman–Crippen MR) is 72.2 cm³/mol. The first-order valence-corrected chi connectivity index (χ1v) is 6.91. The van der Waals surface area contributed by atoms with E-state index in [1.165, 1.54) is 0 Å². The quantitative estimate of drug-likeness (QED) is 0.912. The Balaban J connectivity index is 1.92. The molecule has 1 aliphatic rings. The number of amides is 1. The lowest BCUT2D eigenvalue weighted by Gasteiger charge is -2.35. The summed E-state index contributed by atoms with van der Waals surface area (Å²) in [5, 5.41) is 10.9. The van der Waals surface area contributed by atoms with Crippen LogP contribution in [0, 0.1) is 13.8 Å². The third kappa shape index (κ3) is 2.11. The Morgan fingerprint density at radius 1 is 1.45 bits per heavy atom. The van der Waals surface area contributed by atoms with E-state index in [0.29, 0.717) is 17.0 Å². The van der Waals surface area contributed by atoms with Crippen LogP contribution in [-0.4, -0.2) is 32.7 Å². The SMILES string of the molecule is Cc1noc(C)c1C(=O)N1CCCCC1c1ccn[nH]1. The van der Waals surface area contributed by atoms with Gasteiger partial charge >= 0.3 is 0 Å². The van der Waals surface area contributed by atoms with E-state index in [1.54, 1.807) is 20.0 Å². The molecule has 6 nitrogen and oxygen atoms in total. The molecule has 0 aliphatic carbocycles. The predicted octanol–water partition coefficient (Wildman–Crippen LogP) is 2.38. The fourth-order valence-electron chi connectivity index (χ4n) is 2.88. The van der Waals surface area contributed by atoms with Gasteiger partial charge in [0.25, 0.3) is 5.91 Å². The topological polar surface area (TPSA) is 75.0 Å². The Hall–Kier alpha value is -2.11. The van der Waals surface area contributed by atoms with Gasteiger partial charge < -0.3 is 9.42 Å². The summed E-state index contributed by atoms with van der Waals surface area (Å²) in [5.41, 5.74) is 2.24. The minimum absolute atomic E-state index is 0.000509. The average molecular weight is 274 g/mol. The second-order valence-corrected chi connectivity index (χ2v) is 5.22. The van der Waals surface area contributed by atoms with Crippen LogP contribution in [0.4, 0.5) is 0 Å². The second kappa shape index (κ2) is 5.11. The van der Waals surface area contributed by atoms with E-state index in [9.17, 15) is 4.79 Å². The van der Waals surface area contributed by atoms with Crippen molar-refractivity contribution >= 4 is 5.91 Å². The summed E-state index contributed by atoms with van der Waals surface area (Å²) in [7, 11) is 0. The van der Waals surface area contributed by atoms with Gasteiger partial charge in [-0.1, -0.05) is 5.16 Å². The zero-order chi connectivity index (χ0) is 14.1. The average Bonchev–Trinajstić information content (AvgIpc) is 3.09. The first kappa shape index (κ1) is 12.9. The maximum atomic E-state index is 12.8. The standard InChI is InChI=1S/C14H18N4O2/c1-9-13(10(2)20-17-9)14(19)18-8-4-3-5-12(18)11-6-7-15-16-11/h6-7,12H,3-5,8H2,1-2H3,(H,15,16). The molecule has 106 valence electrons. The molecule has 20 heavy (non-hydrogen) atoms. The van der Waals surface area contributed by atoms with Crippen LogP contribution in [0.5, 0.6) is 0 Å². The Kier molecular flexibility index (Phi) is 3.30. The molecular weight excluding hydrogens is 256 g/mol. The van der Waals surface area contributed by atoms with E-state index in [-0.39, 0.29) is 11.9 Å². The molecule has 1 amide bonds. The molecule has 1 aliphatic heterocycles. The zero-order valence-electron chi connectivity index (χ0n) is 11.7. The Morgan fingerprint density at radius 2 is 2.30 bits per heavy atom. The van der Waals surface area contributed by atoms with Crippen molar-refractivity contribution in [3.05, 3.63) is 35.0 Å². The van der Waals surface area contributed by atoms with Gasteiger partial charge in [-0.05, 0) is 39.2 Å². The second-order valence-electron chi connectivity index (χ2n) is 5.22. The van der Waals surface area contributed by atoms with Crippen molar-refractivity contribution in [2.45, 2.75) is 39.2 Å². The molecule has 1 atom stereocenters. The molecule has 2 aromatic heterocycles. The zero-order valence-corrected chi connectivity index (χ0v) is 11.7. The van der Waals surface area contributed by atoms with Gasteiger partial charge in [0, 0.05) is 12.7 Å². The maximum Gasteiger partial charge on any atom is 0.259 e. The molecule has 0 spiro atoms. The molecule has 2 aromatic rings. The van der Waals surface area contributed by atoms with Crippen LogP contribution < -0.4 is 0 Å². The number of aromatic amines is 1. The molecule has 0 aromatic carbocycles. The van der Waals surface area contributed by atoms with Gasteiger partial charge in [0.05, 0.1) is 17.4 Å². The summed E-state index contributed by atoms with van der Waals surface area (Å²) in [6.45, 7) is 4.34. The fourth-order valence-corrected chi connectivity index (χ4v) is 2.88. The van der Waals surface area contributed by atoms with Crippen LogP contribution in [0.25, 0.3) is 0 Å². The van der Waals surface area contributed by atoms with Gasteiger partial charge in [0.2, 0.25) is 0 Å². The van der Waals surface area contributed by atoms with Gasteiger partial charge in [0.15, 0.2) is 0 Å². The first-order chi connectivity index (χ1) is 9.68. The van der Waals surface area contributed by atoms with E-state index in [4.69, 9.17) is 4.52 Å². The molecule has 6 heteroatoms. The van der Waals surface area contributed by atoms with E-state index in [0.717, 1.165) is 31.5 Å². The van der Waals surface area contributed by atoms with Gasteiger partial charge in [0.1, 0.15) is 11.3 Å². The Labute approximate surface area is 117 Å². The number of hydrogen-bond donors (Lipinski definition) is 1. The van der Waals surface area contributed by atoms with Gasteiger partial charge in [-0.2, -0.15) is 5.10 Å². The van der Waals surface area contributed by atoms with Crippen molar-refractivity contribution in [1.82, 2.24) is 20.3 Å². The lowest BCUT2D eigenvalue weighted by atomic mass is 9.98. The summed E-state index contributed by atoms with van der Waals surface area (Å²) >= 11 is 0. The number of rotatable bonds is 2. The number of carbonyl (C=O) groups is 1. The lowest BCUT2D eigenvalue weighted by Crippen LogP contribution is -2.39. The normalized spacial score (nSPS) is 19.3. The third-order valence-corrected chi connectivity index (χ3v) is 3.89. The summed E-state index contributed by atoms with van der Waals surface area (Å²) in [6.07, 6.45) is 4.83. The van der Waals surface area contributed by atoms with Gasteiger partial charge in [-0.3, -0.25) is 9.89 Å². The number of nitrogens with zero attached hydrogens (tertiary/aromatic N) is 3. The molecule has 1 N–H and O–H groups in total. The van der Waals surface area contributed by atoms with Gasteiger partial charge in [-0.25, -0.2) is 0 Å². The highest BCUT2D eigenvalue weighted by Gasteiger charge is 2.32. The number of carbonyl (C=O) groups excluding carboxylic acids is 1. The molecule has 1 fully saturated rings. The smallest absolute Gasteiger partial charge is 0.259 e. The van der Waals surface area contributed by atoms with Crippen molar-refractivity contribution in [2.24, 2.45) is 0 Å². The molecule has 0 radical (unpaired) electrons. The Morgan fingerprint density at radius 3 is 2.95 bits per heavy atom. The summed E-state index contributed by atoms with van der Waals surface area (Å²) < 4.78 is 5.12. The highest BCUT2D eigenvalue weighted by atomic mass is 16.5. The van der Waals surface area contributed by atoms with Crippen LogP contribution in [0.3, 0.4) is 0 Å². The molecule has 3 rings (SSSR count). The van der Waals surface area contributed by atoms with Crippen molar-refractivity contribution in [3.63, 3.8) is 0 Å². The third-order valence-electron chi connectivity index (χ3n) is 3.89. The van der Waals surface area contributed by atoms with Crippen molar-refractivity contribution in [2.75, 3.05) is 6.54 Å². The largest absolute Gasteiger partial charge is 0.361 e. The van der Waals surface area contributed by atoms with Crippen LogP contribution in [0.2, 0.25) is 0 Å². The number of nitrogens with one attached hydrogen (secondary N) is 1. The van der Waals surface area contributed by atoms with Crippen LogP contribution in [-0.2, 0) is 0 Å². The number of aromatic nitrogens is 3. The van der Waals surface area contributed by atoms with Crippen molar-refractivity contribution < 1.29 is 9.32 Å².